The van der Waals surface area contributed by atoms with Crippen molar-refractivity contribution in [2.45, 2.75) is 12.6 Å². The molecule has 8 heteroatoms. The SMILES string of the molecule is O=C(O)c1cc2n(n1)CCN(CC1COc3ccccc3O1)C2=O. The Balaban J connectivity index is 1.48. The molecule has 0 spiro atoms. The van der Waals surface area contributed by atoms with Gasteiger partial charge in [-0.05, 0) is 12.1 Å². The van der Waals surface area contributed by atoms with Crippen LogP contribution in [0.4, 0.5) is 0 Å². The first-order valence-corrected chi connectivity index (χ1v) is 7.61. The molecular formula is C16H15N3O5. The molecule has 2 aliphatic rings. The minimum Gasteiger partial charge on any atom is -0.486 e. The van der Waals surface area contributed by atoms with Gasteiger partial charge in [0.05, 0.1) is 13.1 Å². The highest BCUT2D eigenvalue weighted by Crippen LogP contribution is 2.31. The molecule has 24 heavy (non-hydrogen) atoms. The zero-order valence-corrected chi connectivity index (χ0v) is 12.7. The van der Waals surface area contributed by atoms with Crippen LogP contribution in [0.5, 0.6) is 11.5 Å². The Bertz CT molecular complexity index is 816. The van der Waals surface area contributed by atoms with E-state index in [9.17, 15) is 9.59 Å². The Kier molecular flexibility index (Phi) is 3.37. The van der Waals surface area contributed by atoms with Crippen LogP contribution >= 0.6 is 0 Å². The highest BCUT2D eigenvalue weighted by molar-refractivity contribution is 5.96. The van der Waals surface area contributed by atoms with Crippen LogP contribution in [0.3, 0.4) is 0 Å². The van der Waals surface area contributed by atoms with Gasteiger partial charge in [0.25, 0.3) is 5.91 Å². The summed E-state index contributed by atoms with van der Waals surface area (Å²) in [7, 11) is 0. The second-order valence-corrected chi connectivity index (χ2v) is 5.69. The molecule has 1 amide bonds. The van der Waals surface area contributed by atoms with Crippen molar-refractivity contribution in [2.24, 2.45) is 0 Å². The predicted octanol–water partition coefficient (Wildman–Crippen LogP) is 0.877. The summed E-state index contributed by atoms with van der Waals surface area (Å²) in [4.78, 5) is 25.2. The Morgan fingerprint density at radius 3 is 2.88 bits per heavy atom. The van der Waals surface area contributed by atoms with Crippen molar-refractivity contribution < 1.29 is 24.2 Å². The molecule has 1 aromatic heterocycles. The standard InChI is InChI=1S/C16H15N3O5/c20-15-12-7-11(16(21)22)17-19(12)6-5-18(15)8-10-9-23-13-3-1-2-4-14(13)24-10/h1-4,7,10H,5-6,8-9H2,(H,21,22). The van der Waals surface area contributed by atoms with Crippen LogP contribution in [0, 0.1) is 0 Å². The van der Waals surface area contributed by atoms with Gasteiger partial charge in [-0.25, -0.2) is 4.79 Å². The van der Waals surface area contributed by atoms with E-state index in [2.05, 4.69) is 5.10 Å². The van der Waals surface area contributed by atoms with E-state index in [4.69, 9.17) is 14.6 Å². The van der Waals surface area contributed by atoms with Gasteiger partial charge in [0, 0.05) is 12.6 Å². The fourth-order valence-corrected chi connectivity index (χ4v) is 2.92. The molecule has 0 saturated heterocycles. The molecule has 4 rings (SSSR count). The highest BCUT2D eigenvalue weighted by atomic mass is 16.6. The fraction of sp³-hybridized carbons (Fsp3) is 0.312. The number of carbonyl (C=O) groups excluding carboxylic acids is 1. The largest absolute Gasteiger partial charge is 0.486 e. The molecule has 1 N–H and O–H groups in total. The maximum atomic E-state index is 12.5. The minimum atomic E-state index is -1.14. The van der Waals surface area contributed by atoms with Gasteiger partial charge >= 0.3 is 5.97 Å². The third kappa shape index (κ3) is 2.45. The average molecular weight is 329 g/mol. The van der Waals surface area contributed by atoms with Gasteiger partial charge in [-0.15, -0.1) is 0 Å². The first-order valence-electron chi connectivity index (χ1n) is 7.61. The number of hydrogen-bond acceptors (Lipinski definition) is 5. The lowest BCUT2D eigenvalue weighted by Crippen LogP contribution is -2.47. The molecule has 1 unspecified atom stereocenters. The van der Waals surface area contributed by atoms with E-state index in [0.717, 1.165) is 0 Å². The lowest BCUT2D eigenvalue weighted by atomic mass is 10.2. The number of carboxylic acid groups (broad SMARTS) is 1. The number of para-hydroxylation sites is 2. The summed E-state index contributed by atoms with van der Waals surface area (Å²) in [5.41, 5.74) is 0.169. The van der Waals surface area contributed by atoms with Crippen molar-refractivity contribution in [3.05, 3.63) is 41.7 Å². The van der Waals surface area contributed by atoms with E-state index >= 15 is 0 Å². The summed E-state index contributed by atoms with van der Waals surface area (Å²) >= 11 is 0. The van der Waals surface area contributed by atoms with Gasteiger partial charge in [0.2, 0.25) is 0 Å². The lowest BCUT2D eigenvalue weighted by molar-refractivity contribution is 0.0410. The Hall–Kier alpha value is -3.03. The number of carboxylic acids is 1. The van der Waals surface area contributed by atoms with E-state index in [-0.39, 0.29) is 23.4 Å². The number of fused-ring (bicyclic) bond motifs is 2. The van der Waals surface area contributed by atoms with Crippen LogP contribution in [0.25, 0.3) is 0 Å². The molecule has 0 fully saturated rings. The molecule has 2 aromatic rings. The zero-order valence-electron chi connectivity index (χ0n) is 12.7. The molecular weight excluding hydrogens is 314 g/mol. The third-order valence-electron chi connectivity index (χ3n) is 4.08. The van der Waals surface area contributed by atoms with Crippen molar-refractivity contribution in [1.82, 2.24) is 14.7 Å². The molecule has 1 atom stereocenters. The maximum absolute atomic E-state index is 12.5. The third-order valence-corrected chi connectivity index (χ3v) is 4.08. The monoisotopic (exact) mass is 329 g/mol. The van der Waals surface area contributed by atoms with Crippen LogP contribution < -0.4 is 9.47 Å². The first kappa shape index (κ1) is 14.6. The predicted molar refractivity (Wildman–Crippen MR) is 81.4 cm³/mol. The summed E-state index contributed by atoms with van der Waals surface area (Å²) in [5.74, 6) is -0.0279. The number of benzene rings is 1. The first-order chi connectivity index (χ1) is 11.6. The van der Waals surface area contributed by atoms with Gasteiger partial charge in [-0.3, -0.25) is 9.48 Å². The van der Waals surface area contributed by atoms with E-state index in [1.165, 1.54) is 10.7 Å². The van der Waals surface area contributed by atoms with Gasteiger partial charge in [0.1, 0.15) is 12.3 Å². The topological polar surface area (TPSA) is 93.9 Å². The second kappa shape index (κ2) is 5.55. The van der Waals surface area contributed by atoms with Crippen LogP contribution in [-0.4, -0.2) is 57.5 Å². The van der Waals surface area contributed by atoms with E-state index in [1.807, 2.05) is 24.3 Å². The van der Waals surface area contributed by atoms with Crippen molar-refractivity contribution in [3.8, 4) is 11.5 Å². The summed E-state index contributed by atoms with van der Waals surface area (Å²) in [6, 6.07) is 8.71. The molecule has 124 valence electrons. The van der Waals surface area contributed by atoms with E-state index < -0.39 is 5.97 Å². The summed E-state index contributed by atoms with van der Waals surface area (Å²) in [5, 5.41) is 12.9. The molecule has 0 saturated carbocycles. The van der Waals surface area contributed by atoms with Crippen LogP contribution in [0.1, 0.15) is 21.0 Å². The van der Waals surface area contributed by atoms with Gasteiger partial charge < -0.3 is 19.5 Å². The van der Waals surface area contributed by atoms with Crippen LogP contribution in [-0.2, 0) is 6.54 Å². The number of amides is 1. The lowest BCUT2D eigenvalue weighted by Gasteiger charge is -2.33. The van der Waals surface area contributed by atoms with E-state index in [0.29, 0.717) is 37.7 Å². The molecule has 0 bridgehead atoms. The van der Waals surface area contributed by atoms with Crippen molar-refractivity contribution in [2.75, 3.05) is 19.7 Å². The Labute approximate surface area is 137 Å². The minimum absolute atomic E-state index is 0.119. The summed E-state index contributed by atoms with van der Waals surface area (Å²) in [6.45, 7) is 1.65. The normalized spacial score (nSPS) is 19.1. The smallest absolute Gasteiger partial charge is 0.356 e. The average Bonchev–Trinajstić information content (AvgIpc) is 3.03. The Morgan fingerprint density at radius 2 is 2.08 bits per heavy atom. The number of nitrogens with zero attached hydrogens (tertiary/aromatic N) is 3. The summed E-state index contributed by atoms with van der Waals surface area (Å²) < 4.78 is 13.0. The molecule has 0 radical (unpaired) electrons. The molecule has 3 heterocycles. The maximum Gasteiger partial charge on any atom is 0.356 e. The number of aromatic carboxylic acids is 1. The number of ether oxygens (including phenoxy) is 2. The number of aromatic nitrogens is 2. The molecule has 2 aliphatic heterocycles. The Morgan fingerprint density at radius 1 is 1.29 bits per heavy atom. The van der Waals surface area contributed by atoms with Crippen LogP contribution in [0.2, 0.25) is 0 Å². The molecule has 1 aromatic carbocycles. The van der Waals surface area contributed by atoms with Crippen molar-refractivity contribution in [1.29, 1.82) is 0 Å². The molecule has 8 nitrogen and oxygen atoms in total. The van der Waals surface area contributed by atoms with Crippen molar-refractivity contribution in [3.63, 3.8) is 0 Å². The van der Waals surface area contributed by atoms with Gasteiger partial charge in [-0.1, -0.05) is 12.1 Å². The van der Waals surface area contributed by atoms with E-state index in [1.54, 1.807) is 4.90 Å². The van der Waals surface area contributed by atoms with Gasteiger partial charge in [-0.2, -0.15) is 5.10 Å². The number of hydrogen-bond donors (Lipinski definition) is 1. The van der Waals surface area contributed by atoms with Gasteiger partial charge in [0.15, 0.2) is 23.3 Å². The molecule has 0 aliphatic carbocycles. The van der Waals surface area contributed by atoms with Crippen LogP contribution in [0.15, 0.2) is 30.3 Å². The summed E-state index contributed by atoms with van der Waals surface area (Å²) in [6.07, 6.45) is -0.266. The number of rotatable bonds is 3. The zero-order chi connectivity index (χ0) is 16.7. The second-order valence-electron chi connectivity index (χ2n) is 5.69. The highest BCUT2D eigenvalue weighted by Gasteiger charge is 2.31. The quantitative estimate of drug-likeness (QED) is 0.898. The fourth-order valence-electron chi connectivity index (χ4n) is 2.92. The van der Waals surface area contributed by atoms with Crippen molar-refractivity contribution >= 4 is 11.9 Å². The number of carbonyl (C=O) groups is 2.